The van der Waals surface area contributed by atoms with Gasteiger partial charge in [0.1, 0.15) is 5.69 Å². The van der Waals surface area contributed by atoms with Gasteiger partial charge in [-0.15, -0.1) is 0 Å². The maximum absolute atomic E-state index is 14.1. The lowest BCUT2D eigenvalue weighted by Gasteiger charge is -2.05. The first kappa shape index (κ1) is 18.3. The molecule has 0 aliphatic heterocycles. The van der Waals surface area contributed by atoms with E-state index >= 15 is 0 Å². The molecule has 1 aromatic carbocycles. The predicted molar refractivity (Wildman–Crippen MR) is 103 cm³/mol. The smallest absolute Gasteiger partial charge is 0.327 e. The number of benzene rings is 1. The first-order valence-corrected chi connectivity index (χ1v) is 9.29. The number of hydrogen-bond donors (Lipinski definition) is 3. The summed E-state index contributed by atoms with van der Waals surface area (Å²) in [5.74, 6) is -1.09. The van der Waals surface area contributed by atoms with Crippen LogP contribution in [0.5, 0.6) is 17.6 Å². The summed E-state index contributed by atoms with van der Waals surface area (Å²) in [6.07, 6.45) is 4.84. The maximum Gasteiger partial charge on any atom is 0.327 e. The average molecular weight is 430 g/mol. The lowest BCUT2D eigenvalue weighted by molar-refractivity contribution is 0.406. The van der Waals surface area contributed by atoms with Crippen LogP contribution >= 0.6 is 11.6 Å². The summed E-state index contributed by atoms with van der Waals surface area (Å²) in [6, 6.07) is 3.97. The van der Waals surface area contributed by atoms with E-state index in [9.17, 15) is 14.3 Å². The summed E-state index contributed by atoms with van der Waals surface area (Å²) in [6.45, 7) is 0. The fourth-order valence-electron chi connectivity index (χ4n) is 2.76. The summed E-state index contributed by atoms with van der Waals surface area (Å²) in [5.41, 5.74) is 0.144. The number of aromatic hydroxyl groups is 1. The Morgan fingerprint density at radius 1 is 1.33 bits per heavy atom. The summed E-state index contributed by atoms with van der Waals surface area (Å²) >= 11 is 5.78. The summed E-state index contributed by atoms with van der Waals surface area (Å²) in [4.78, 5) is 29.1. The van der Waals surface area contributed by atoms with E-state index in [1.807, 2.05) is 0 Å². The molecule has 0 amide bonds. The van der Waals surface area contributed by atoms with Gasteiger partial charge in [0.15, 0.2) is 17.2 Å². The van der Waals surface area contributed by atoms with E-state index in [1.54, 1.807) is 0 Å². The van der Waals surface area contributed by atoms with Crippen LogP contribution in [0.1, 0.15) is 18.5 Å². The Morgan fingerprint density at radius 2 is 2.17 bits per heavy atom. The van der Waals surface area contributed by atoms with Gasteiger partial charge in [-0.25, -0.2) is 14.2 Å². The van der Waals surface area contributed by atoms with Crippen molar-refractivity contribution in [3.63, 3.8) is 0 Å². The number of halogens is 2. The number of nitrogens with zero attached hydrogens (tertiary/aromatic N) is 5. The van der Waals surface area contributed by atoms with E-state index in [0.29, 0.717) is 10.9 Å². The lowest BCUT2D eigenvalue weighted by atomic mass is 10.3. The zero-order valence-electron chi connectivity index (χ0n) is 15.1. The number of rotatable bonds is 4. The lowest BCUT2D eigenvalue weighted by Crippen LogP contribution is -2.23. The van der Waals surface area contributed by atoms with Gasteiger partial charge < -0.3 is 14.8 Å². The second-order valence-electron chi connectivity index (χ2n) is 6.66. The highest BCUT2D eigenvalue weighted by Gasteiger charge is 2.21. The minimum Gasteiger partial charge on any atom is -0.493 e. The average Bonchev–Trinajstić information content (AvgIpc) is 3.33. The zero-order chi connectivity index (χ0) is 20.8. The molecule has 1 fully saturated rings. The van der Waals surface area contributed by atoms with Gasteiger partial charge in [-0.3, -0.25) is 4.98 Å². The summed E-state index contributed by atoms with van der Waals surface area (Å²) in [7, 11) is 0. The van der Waals surface area contributed by atoms with Crippen molar-refractivity contribution in [1.29, 1.82) is 0 Å². The zero-order valence-corrected chi connectivity index (χ0v) is 15.9. The minimum atomic E-state index is -0.665. The van der Waals surface area contributed by atoms with Gasteiger partial charge in [0, 0.05) is 10.2 Å². The van der Waals surface area contributed by atoms with Crippen molar-refractivity contribution < 1.29 is 14.2 Å². The second kappa shape index (κ2) is 6.95. The SMILES string of the molecule is O=c1[nH]c(O)c(C=c2cnn3c(=NC4CC4)nc(Oc4ccc(Cl)cc4F)nc23)[nH]1. The number of H-pyrrole nitrogens is 2. The first-order valence-electron chi connectivity index (χ1n) is 8.92. The van der Waals surface area contributed by atoms with Crippen molar-refractivity contribution in [2.45, 2.75) is 18.9 Å². The van der Waals surface area contributed by atoms with E-state index in [2.05, 4.69) is 30.0 Å². The molecule has 4 aromatic rings. The van der Waals surface area contributed by atoms with Crippen LogP contribution in [-0.2, 0) is 0 Å². The van der Waals surface area contributed by atoms with Crippen LogP contribution in [0, 0.1) is 5.82 Å². The molecule has 0 radical (unpaired) electrons. The van der Waals surface area contributed by atoms with Crippen LogP contribution in [-0.4, -0.2) is 40.7 Å². The molecule has 0 atom stereocenters. The van der Waals surface area contributed by atoms with Gasteiger partial charge in [-0.1, -0.05) is 11.6 Å². The third-order valence-corrected chi connectivity index (χ3v) is 4.57. The van der Waals surface area contributed by atoms with Crippen LogP contribution < -0.4 is 21.3 Å². The van der Waals surface area contributed by atoms with Crippen molar-refractivity contribution >= 4 is 23.3 Å². The van der Waals surface area contributed by atoms with Gasteiger partial charge in [-0.2, -0.15) is 19.6 Å². The van der Waals surface area contributed by atoms with E-state index in [1.165, 1.54) is 28.9 Å². The molecule has 152 valence electrons. The fourth-order valence-corrected chi connectivity index (χ4v) is 2.92. The highest BCUT2D eigenvalue weighted by atomic mass is 35.5. The largest absolute Gasteiger partial charge is 0.493 e. The highest BCUT2D eigenvalue weighted by Crippen LogP contribution is 2.25. The van der Waals surface area contributed by atoms with E-state index in [0.717, 1.165) is 18.9 Å². The molecular weight excluding hydrogens is 417 g/mol. The number of imidazole rings is 1. The van der Waals surface area contributed by atoms with Crippen LogP contribution in [0.2, 0.25) is 5.02 Å². The molecule has 0 spiro atoms. The molecule has 3 N–H and O–H groups in total. The Labute approximate surface area is 171 Å². The van der Waals surface area contributed by atoms with E-state index in [-0.39, 0.29) is 40.0 Å². The van der Waals surface area contributed by atoms with E-state index < -0.39 is 11.5 Å². The third kappa shape index (κ3) is 3.50. The molecule has 1 saturated carbocycles. The Balaban J connectivity index is 1.68. The monoisotopic (exact) mass is 429 g/mol. The van der Waals surface area contributed by atoms with Crippen LogP contribution in [0.3, 0.4) is 0 Å². The molecule has 10 nitrogen and oxygen atoms in total. The van der Waals surface area contributed by atoms with Gasteiger partial charge in [0.05, 0.1) is 12.2 Å². The number of nitrogens with one attached hydrogen (secondary N) is 2. The Hall–Kier alpha value is -3.73. The quantitative estimate of drug-likeness (QED) is 0.444. The molecule has 12 heteroatoms. The van der Waals surface area contributed by atoms with Gasteiger partial charge in [0.2, 0.25) is 5.88 Å². The molecular formula is C18H13ClFN7O3. The van der Waals surface area contributed by atoms with Gasteiger partial charge in [-0.05, 0) is 37.1 Å². The molecule has 0 saturated heterocycles. The fraction of sp³-hybridized carbons (Fsp3) is 0.167. The van der Waals surface area contributed by atoms with Gasteiger partial charge in [0.25, 0.3) is 5.62 Å². The number of ether oxygens (including phenoxy) is 1. The number of aromatic amines is 2. The Bertz CT molecular complexity index is 1450. The molecule has 0 unspecified atom stereocenters. The first-order chi connectivity index (χ1) is 14.5. The van der Waals surface area contributed by atoms with E-state index in [4.69, 9.17) is 16.3 Å². The molecule has 3 aromatic heterocycles. The number of aromatic nitrogens is 6. The minimum absolute atomic E-state index is 0.0984. The maximum atomic E-state index is 14.1. The topological polar surface area (TPSA) is 134 Å². The molecule has 5 rings (SSSR count). The van der Waals surface area contributed by atoms with Crippen LogP contribution in [0.25, 0.3) is 11.7 Å². The molecule has 3 heterocycles. The Kier molecular flexibility index (Phi) is 4.24. The van der Waals surface area contributed by atoms with Crippen LogP contribution in [0.4, 0.5) is 4.39 Å². The standard InChI is InChI=1S/C18H13ClFN7O3/c19-9-1-4-13(11(20)6-9)30-18-24-14-8(5-12-15(28)25-17(29)23-12)7-21-27(14)16(26-18)22-10-2-3-10/h1,4-7,10,28H,2-3H2,(H2,23,25,29). The third-order valence-electron chi connectivity index (χ3n) is 4.33. The van der Waals surface area contributed by atoms with Crippen molar-refractivity contribution in [2.24, 2.45) is 4.99 Å². The predicted octanol–water partition coefficient (Wildman–Crippen LogP) is 1.04. The van der Waals surface area contributed by atoms with Crippen molar-refractivity contribution in [2.75, 3.05) is 0 Å². The van der Waals surface area contributed by atoms with Crippen molar-refractivity contribution in [3.8, 4) is 17.6 Å². The second-order valence-corrected chi connectivity index (χ2v) is 7.10. The highest BCUT2D eigenvalue weighted by molar-refractivity contribution is 6.30. The number of fused-ring (bicyclic) bond motifs is 1. The summed E-state index contributed by atoms with van der Waals surface area (Å²) < 4.78 is 21.1. The molecule has 1 aliphatic rings. The molecule has 1 aliphatic carbocycles. The van der Waals surface area contributed by atoms with Crippen molar-refractivity contribution in [1.82, 2.24) is 29.5 Å². The normalized spacial score (nSPS) is 15.3. The number of hydrogen-bond acceptors (Lipinski definition) is 7. The van der Waals surface area contributed by atoms with Crippen molar-refractivity contribution in [3.05, 3.63) is 62.3 Å². The van der Waals surface area contributed by atoms with Crippen LogP contribution in [0.15, 0.2) is 34.2 Å². The molecule has 0 bridgehead atoms. The Morgan fingerprint density at radius 3 is 2.87 bits per heavy atom. The summed E-state index contributed by atoms with van der Waals surface area (Å²) in [5, 5.41) is 14.7. The van der Waals surface area contributed by atoms with Gasteiger partial charge >= 0.3 is 11.7 Å². The molecule has 30 heavy (non-hydrogen) atoms.